The van der Waals surface area contributed by atoms with Crippen molar-refractivity contribution in [3.63, 3.8) is 0 Å². The van der Waals surface area contributed by atoms with E-state index in [9.17, 15) is 0 Å². The van der Waals surface area contributed by atoms with Gasteiger partial charge in [-0.05, 0) is 19.4 Å². The Labute approximate surface area is 91.6 Å². The predicted molar refractivity (Wildman–Crippen MR) is 65.1 cm³/mol. The summed E-state index contributed by atoms with van der Waals surface area (Å²) in [4.78, 5) is 4.10. The van der Waals surface area contributed by atoms with E-state index < -0.39 is 0 Å². The molecule has 0 saturated heterocycles. The molecule has 3 nitrogen and oxygen atoms in total. The van der Waals surface area contributed by atoms with Gasteiger partial charge < -0.3 is 10.6 Å². The predicted octanol–water partition coefficient (Wildman–Crippen LogP) is 1.68. The van der Waals surface area contributed by atoms with Crippen LogP contribution >= 0.6 is 0 Å². The topological polar surface area (TPSA) is 36.4 Å². The van der Waals surface area contributed by atoms with Crippen LogP contribution in [0.5, 0.6) is 0 Å². The van der Waals surface area contributed by atoms with Crippen molar-refractivity contribution in [3.8, 4) is 0 Å². The SMILES string of the molecule is CCNC(=NC)NCc1ccc(C)cc1. The molecule has 0 amide bonds. The molecule has 0 saturated carbocycles. The largest absolute Gasteiger partial charge is 0.357 e. The zero-order chi connectivity index (χ0) is 11.1. The van der Waals surface area contributed by atoms with E-state index >= 15 is 0 Å². The zero-order valence-corrected chi connectivity index (χ0v) is 9.67. The number of nitrogens with zero attached hydrogens (tertiary/aromatic N) is 1. The van der Waals surface area contributed by atoms with Crippen LogP contribution in [0.25, 0.3) is 0 Å². The van der Waals surface area contributed by atoms with Crippen LogP contribution in [-0.2, 0) is 6.54 Å². The molecule has 1 rings (SSSR count). The highest BCUT2D eigenvalue weighted by molar-refractivity contribution is 5.79. The van der Waals surface area contributed by atoms with Crippen molar-refractivity contribution in [2.45, 2.75) is 20.4 Å². The maximum atomic E-state index is 4.10. The van der Waals surface area contributed by atoms with Crippen molar-refractivity contribution >= 4 is 5.96 Å². The molecule has 1 aromatic rings. The summed E-state index contributed by atoms with van der Waals surface area (Å²) in [6.07, 6.45) is 0. The Hall–Kier alpha value is -1.51. The Morgan fingerprint density at radius 3 is 2.40 bits per heavy atom. The number of hydrogen-bond donors (Lipinski definition) is 2. The van der Waals surface area contributed by atoms with Crippen molar-refractivity contribution in [1.82, 2.24) is 10.6 Å². The van der Waals surface area contributed by atoms with E-state index in [4.69, 9.17) is 0 Å². The summed E-state index contributed by atoms with van der Waals surface area (Å²) in [5.74, 6) is 0.845. The lowest BCUT2D eigenvalue weighted by molar-refractivity contribution is 0.829. The third kappa shape index (κ3) is 4.02. The first-order valence-electron chi connectivity index (χ1n) is 5.26. The van der Waals surface area contributed by atoms with Gasteiger partial charge >= 0.3 is 0 Å². The summed E-state index contributed by atoms with van der Waals surface area (Å²) in [5.41, 5.74) is 2.55. The molecule has 0 aliphatic carbocycles. The van der Waals surface area contributed by atoms with Crippen LogP contribution in [0.2, 0.25) is 0 Å². The van der Waals surface area contributed by atoms with Crippen molar-refractivity contribution in [1.29, 1.82) is 0 Å². The Bertz CT molecular complexity index is 314. The second-order valence-corrected chi connectivity index (χ2v) is 3.44. The smallest absolute Gasteiger partial charge is 0.191 e. The second kappa shape index (κ2) is 6.06. The molecule has 0 unspecified atom stereocenters. The lowest BCUT2D eigenvalue weighted by Gasteiger charge is -2.10. The molecule has 3 heteroatoms. The highest BCUT2D eigenvalue weighted by Gasteiger charge is 1.95. The van der Waals surface area contributed by atoms with E-state index in [1.165, 1.54) is 11.1 Å². The maximum Gasteiger partial charge on any atom is 0.191 e. The zero-order valence-electron chi connectivity index (χ0n) is 9.67. The number of rotatable bonds is 3. The monoisotopic (exact) mass is 205 g/mol. The molecule has 0 heterocycles. The van der Waals surface area contributed by atoms with Gasteiger partial charge in [0, 0.05) is 20.1 Å². The van der Waals surface area contributed by atoms with E-state index in [1.54, 1.807) is 7.05 Å². The summed E-state index contributed by atoms with van der Waals surface area (Å²) in [6, 6.07) is 8.49. The molecule has 2 N–H and O–H groups in total. The molecule has 0 aliphatic heterocycles. The van der Waals surface area contributed by atoms with Crippen LogP contribution in [0, 0.1) is 6.92 Å². The number of benzene rings is 1. The first kappa shape index (κ1) is 11.6. The highest BCUT2D eigenvalue weighted by Crippen LogP contribution is 2.02. The third-order valence-electron chi connectivity index (χ3n) is 2.15. The lowest BCUT2D eigenvalue weighted by Crippen LogP contribution is -2.36. The number of aliphatic imine (C=N–C) groups is 1. The second-order valence-electron chi connectivity index (χ2n) is 3.44. The number of hydrogen-bond acceptors (Lipinski definition) is 1. The number of aryl methyl sites for hydroxylation is 1. The summed E-state index contributed by atoms with van der Waals surface area (Å²) >= 11 is 0. The van der Waals surface area contributed by atoms with Crippen LogP contribution in [0.4, 0.5) is 0 Å². The fourth-order valence-electron chi connectivity index (χ4n) is 1.28. The van der Waals surface area contributed by atoms with Gasteiger partial charge in [-0.25, -0.2) is 0 Å². The van der Waals surface area contributed by atoms with Crippen molar-refractivity contribution in [2.24, 2.45) is 4.99 Å². The van der Waals surface area contributed by atoms with Gasteiger partial charge in [-0.2, -0.15) is 0 Å². The molecule has 0 fully saturated rings. The van der Waals surface area contributed by atoms with Crippen LogP contribution in [0.1, 0.15) is 18.1 Å². The van der Waals surface area contributed by atoms with E-state index in [-0.39, 0.29) is 0 Å². The van der Waals surface area contributed by atoms with Gasteiger partial charge in [-0.1, -0.05) is 29.8 Å². The first-order chi connectivity index (χ1) is 7.26. The van der Waals surface area contributed by atoms with E-state index in [0.29, 0.717) is 0 Å². The number of nitrogens with one attached hydrogen (secondary N) is 2. The van der Waals surface area contributed by atoms with Gasteiger partial charge in [0.15, 0.2) is 5.96 Å². The Kier molecular flexibility index (Phi) is 4.68. The quantitative estimate of drug-likeness (QED) is 0.582. The minimum Gasteiger partial charge on any atom is -0.357 e. The molecule has 1 aromatic carbocycles. The molecule has 0 aliphatic rings. The molecule has 0 aromatic heterocycles. The first-order valence-corrected chi connectivity index (χ1v) is 5.26. The average Bonchev–Trinajstić information content (AvgIpc) is 2.26. The number of guanidine groups is 1. The molecule has 0 bridgehead atoms. The summed E-state index contributed by atoms with van der Waals surface area (Å²) in [7, 11) is 1.78. The normalized spacial score (nSPS) is 11.3. The Morgan fingerprint density at radius 1 is 1.20 bits per heavy atom. The summed E-state index contributed by atoms with van der Waals surface area (Å²) in [6.45, 7) is 5.83. The van der Waals surface area contributed by atoms with E-state index in [2.05, 4.69) is 53.7 Å². The van der Waals surface area contributed by atoms with Gasteiger partial charge in [-0.3, -0.25) is 4.99 Å². The summed E-state index contributed by atoms with van der Waals surface area (Å²) in [5, 5.41) is 6.40. The van der Waals surface area contributed by atoms with Crippen molar-refractivity contribution in [3.05, 3.63) is 35.4 Å². The molecule has 82 valence electrons. The van der Waals surface area contributed by atoms with E-state index in [0.717, 1.165) is 19.0 Å². The van der Waals surface area contributed by atoms with Gasteiger partial charge in [0.2, 0.25) is 0 Å². The maximum absolute atomic E-state index is 4.10. The van der Waals surface area contributed by atoms with Gasteiger partial charge in [-0.15, -0.1) is 0 Å². The van der Waals surface area contributed by atoms with E-state index in [1.807, 2.05) is 0 Å². The molecule has 0 spiro atoms. The van der Waals surface area contributed by atoms with Crippen LogP contribution in [0.15, 0.2) is 29.3 Å². The molecule has 0 radical (unpaired) electrons. The Morgan fingerprint density at radius 2 is 1.87 bits per heavy atom. The standard InChI is InChI=1S/C12H19N3/c1-4-14-12(13-3)15-9-11-7-5-10(2)6-8-11/h5-8H,4,9H2,1-3H3,(H2,13,14,15). The minimum absolute atomic E-state index is 0.806. The van der Waals surface area contributed by atoms with Crippen LogP contribution in [-0.4, -0.2) is 19.6 Å². The van der Waals surface area contributed by atoms with Crippen LogP contribution in [0.3, 0.4) is 0 Å². The van der Waals surface area contributed by atoms with Gasteiger partial charge in [0.1, 0.15) is 0 Å². The fourth-order valence-corrected chi connectivity index (χ4v) is 1.28. The average molecular weight is 205 g/mol. The summed E-state index contributed by atoms with van der Waals surface area (Å²) < 4.78 is 0. The molecule has 0 atom stereocenters. The minimum atomic E-state index is 0.806. The van der Waals surface area contributed by atoms with Crippen LogP contribution < -0.4 is 10.6 Å². The van der Waals surface area contributed by atoms with Gasteiger partial charge in [0.25, 0.3) is 0 Å². The Balaban J connectivity index is 2.46. The highest BCUT2D eigenvalue weighted by atomic mass is 15.2. The molecule has 15 heavy (non-hydrogen) atoms. The lowest BCUT2D eigenvalue weighted by atomic mass is 10.1. The third-order valence-corrected chi connectivity index (χ3v) is 2.15. The van der Waals surface area contributed by atoms with Crippen molar-refractivity contribution in [2.75, 3.05) is 13.6 Å². The molecular formula is C12H19N3. The van der Waals surface area contributed by atoms with Gasteiger partial charge in [0.05, 0.1) is 0 Å². The molecular weight excluding hydrogens is 186 g/mol. The fraction of sp³-hybridized carbons (Fsp3) is 0.417. The van der Waals surface area contributed by atoms with Crippen molar-refractivity contribution < 1.29 is 0 Å².